The Balaban J connectivity index is 2.15. The minimum absolute atomic E-state index is 0.114. The van der Waals surface area contributed by atoms with Crippen molar-refractivity contribution in [3.63, 3.8) is 0 Å². The van der Waals surface area contributed by atoms with Gasteiger partial charge < -0.3 is 18.9 Å². The maximum atomic E-state index is 12.7. The molecule has 0 bridgehead atoms. The molecule has 1 aliphatic heterocycles. The van der Waals surface area contributed by atoms with Crippen LogP contribution < -0.4 is 0 Å². The number of methoxy groups -OCH3 is 1. The predicted molar refractivity (Wildman–Crippen MR) is 85.4 cm³/mol. The zero-order chi connectivity index (χ0) is 18.5. The highest BCUT2D eigenvalue weighted by molar-refractivity contribution is 5.95. The van der Waals surface area contributed by atoms with E-state index in [4.69, 9.17) is 18.9 Å². The summed E-state index contributed by atoms with van der Waals surface area (Å²) in [4.78, 5) is 36.7. The van der Waals surface area contributed by atoms with Crippen LogP contribution >= 0.6 is 0 Å². The van der Waals surface area contributed by atoms with Crippen LogP contribution in [0.4, 0.5) is 0 Å². The molecule has 0 radical (unpaired) electrons. The summed E-state index contributed by atoms with van der Waals surface area (Å²) in [6.45, 7) is 5.71. The number of fused-ring (bicyclic) bond motifs is 2. The normalized spacial score (nSPS) is 36.6. The summed E-state index contributed by atoms with van der Waals surface area (Å²) < 4.78 is 22.3. The molecular weight excluding hydrogens is 328 g/mol. The molecule has 25 heavy (non-hydrogen) atoms. The van der Waals surface area contributed by atoms with Crippen molar-refractivity contribution >= 4 is 17.7 Å². The molecule has 0 aromatic heterocycles. The van der Waals surface area contributed by atoms with E-state index in [1.165, 1.54) is 20.1 Å². The van der Waals surface area contributed by atoms with Crippen molar-refractivity contribution in [1.29, 1.82) is 0 Å². The largest absolute Gasteiger partial charge is 0.468 e. The van der Waals surface area contributed by atoms with E-state index < -0.39 is 34.7 Å². The number of rotatable bonds is 2. The van der Waals surface area contributed by atoms with Gasteiger partial charge in [0.1, 0.15) is 11.5 Å². The van der Waals surface area contributed by atoms with Gasteiger partial charge in [-0.05, 0) is 31.4 Å². The maximum absolute atomic E-state index is 12.7. The highest BCUT2D eigenvalue weighted by Crippen LogP contribution is 2.61. The van der Waals surface area contributed by atoms with Crippen molar-refractivity contribution in [2.24, 2.45) is 10.8 Å². The maximum Gasteiger partial charge on any atom is 0.319 e. The van der Waals surface area contributed by atoms with Gasteiger partial charge in [0.15, 0.2) is 11.6 Å². The van der Waals surface area contributed by atoms with Gasteiger partial charge in [-0.1, -0.05) is 6.92 Å². The third-order valence-corrected chi connectivity index (χ3v) is 5.93. The molecule has 1 heterocycles. The van der Waals surface area contributed by atoms with Crippen molar-refractivity contribution in [1.82, 2.24) is 0 Å². The molecule has 3 aliphatic rings. The number of carbonyl (C=O) groups excluding carboxylic acids is 3. The van der Waals surface area contributed by atoms with E-state index in [-0.39, 0.29) is 12.2 Å². The first-order valence-electron chi connectivity index (χ1n) is 8.49. The summed E-state index contributed by atoms with van der Waals surface area (Å²) in [5.41, 5.74) is -1.40. The van der Waals surface area contributed by atoms with Crippen molar-refractivity contribution in [3.05, 3.63) is 11.6 Å². The van der Waals surface area contributed by atoms with Gasteiger partial charge in [0.25, 0.3) is 0 Å². The fraction of sp³-hybridized carbons (Fsp3) is 0.722. The fourth-order valence-electron chi connectivity index (χ4n) is 4.64. The molecule has 2 fully saturated rings. The fourth-order valence-corrected chi connectivity index (χ4v) is 4.64. The first kappa shape index (κ1) is 18.1. The van der Waals surface area contributed by atoms with Crippen LogP contribution in [0.15, 0.2) is 11.6 Å². The quantitative estimate of drug-likeness (QED) is 0.697. The van der Waals surface area contributed by atoms with E-state index in [1.807, 2.05) is 6.92 Å². The van der Waals surface area contributed by atoms with E-state index in [0.29, 0.717) is 31.6 Å². The zero-order valence-corrected chi connectivity index (χ0v) is 15.0. The summed E-state index contributed by atoms with van der Waals surface area (Å²) in [6.07, 6.45) is 1.91. The molecule has 3 atom stereocenters. The molecule has 1 saturated heterocycles. The van der Waals surface area contributed by atoms with Crippen LogP contribution in [0.1, 0.15) is 40.0 Å². The summed E-state index contributed by atoms with van der Waals surface area (Å²) in [5.74, 6) is -2.27. The Labute approximate surface area is 146 Å². The van der Waals surface area contributed by atoms with Gasteiger partial charge in [-0.3, -0.25) is 14.4 Å². The number of allylic oxidation sites excluding steroid dienone is 1. The van der Waals surface area contributed by atoms with E-state index in [9.17, 15) is 14.4 Å². The van der Waals surface area contributed by atoms with E-state index >= 15 is 0 Å². The number of ketones is 1. The van der Waals surface area contributed by atoms with Crippen molar-refractivity contribution < 1.29 is 33.3 Å². The second-order valence-electron chi connectivity index (χ2n) is 7.31. The highest BCUT2D eigenvalue weighted by Gasteiger charge is 2.67. The van der Waals surface area contributed by atoms with Crippen molar-refractivity contribution in [2.45, 2.75) is 51.9 Å². The Morgan fingerprint density at radius 1 is 1.24 bits per heavy atom. The Morgan fingerprint density at radius 3 is 2.44 bits per heavy atom. The minimum Gasteiger partial charge on any atom is -0.468 e. The lowest BCUT2D eigenvalue weighted by Crippen LogP contribution is -2.62. The topological polar surface area (TPSA) is 88.1 Å². The summed E-state index contributed by atoms with van der Waals surface area (Å²) >= 11 is 0. The van der Waals surface area contributed by atoms with Crippen LogP contribution in [-0.4, -0.2) is 49.9 Å². The lowest BCUT2D eigenvalue weighted by Gasteiger charge is -2.56. The Bertz CT molecular complexity index is 646. The molecule has 0 amide bonds. The molecule has 1 spiro atoms. The third-order valence-electron chi connectivity index (χ3n) is 5.93. The van der Waals surface area contributed by atoms with Gasteiger partial charge >= 0.3 is 11.9 Å². The molecule has 7 nitrogen and oxygen atoms in total. The molecule has 1 saturated carbocycles. The standard InChI is InChI=1S/C18H24O7/c1-11(19)25-14-5-6-16(2)13(17(14,3)15(21)22-4)9-12(20)10-18(16)23-7-8-24-18/h9,14H,5-8,10H2,1-4H3/t14?,16-,17+/m0/s1. The van der Waals surface area contributed by atoms with Gasteiger partial charge in [-0.2, -0.15) is 0 Å². The summed E-state index contributed by atoms with van der Waals surface area (Å²) in [5, 5.41) is 0. The molecular formula is C18H24O7. The van der Waals surface area contributed by atoms with Gasteiger partial charge in [0, 0.05) is 12.3 Å². The first-order chi connectivity index (χ1) is 11.7. The first-order valence-corrected chi connectivity index (χ1v) is 8.49. The Kier molecular flexibility index (Phi) is 4.28. The van der Waals surface area contributed by atoms with Crippen LogP contribution in [0.2, 0.25) is 0 Å². The minimum atomic E-state index is -1.27. The van der Waals surface area contributed by atoms with Gasteiger partial charge in [0.05, 0.1) is 26.7 Å². The van der Waals surface area contributed by atoms with E-state index in [0.717, 1.165) is 0 Å². The molecule has 138 valence electrons. The van der Waals surface area contributed by atoms with Crippen molar-refractivity contribution in [3.8, 4) is 0 Å². The predicted octanol–water partition coefficient (Wildman–Crippen LogP) is 1.54. The average molecular weight is 352 g/mol. The molecule has 3 rings (SSSR count). The van der Waals surface area contributed by atoms with Crippen LogP contribution in [0, 0.1) is 10.8 Å². The lowest BCUT2D eigenvalue weighted by molar-refractivity contribution is -0.242. The zero-order valence-electron chi connectivity index (χ0n) is 15.0. The van der Waals surface area contributed by atoms with Gasteiger partial charge in [-0.15, -0.1) is 0 Å². The molecule has 2 aliphatic carbocycles. The van der Waals surface area contributed by atoms with Gasteiger partial charge in [-0.25, -0.2) is 0 Å². The smallest absolute Gasteiger partial charge is 0.319 e. The summed E-state index contributed by atoms with van der Waals surface area (Å²) in [7, 11) is 1.29. The molecule has 0 aromatic rings. The second kappa shape index (κ2) is 5.92. The number of ether oxygens (including phenoxy) is 4. The molecule has 1 unspecified atom stereocenters. The SMILES string of the molecule is COC(=O)[C@]1(C)C2=CC(=O)CC3(OCCO3)[C@@]2(C)CCC1OC(C)=O. The molecule has 0 aromatic carbocycles. The van der Waals surface area contributed by atoms with Crippen LogP contribution in [0.25, 0.3) is 0 Å². The average Bonchev–Trinajstić information content (AvgIpc) is 3.02. The number of esters is 2. The monoisotopic (exact) mass is 352 g/mol. The van der Waals surface area contributed by atoms with E-state index in [2.05, 4.69) is 0 Å². The Hall–Kier alpha value is -1.73. The number of carbonyl (C=O) groups is 3. The Morgan fingerprint density at radius 2 is 1.88 bits per heavy atom. The van der Waals surface area contributed by atoms with Crippen LogP contribution in [-0.2, 0) is 33.3 Å². The van der Waals surface area contributed by atoms with Crippen LogP contribution in [0.5, 0.6) is 0 Å². The second-order valence-corrected chi connectivity index (χ2v) is 7.31. The molecule has 0 N–H and O–H groups in total. The summed E-state index contributed by atoms with van der Waals surface area (Å²) in [6, 6.07) is 0. The van der Waals surface area contributed by atoms with Crippen LogP contribution in [0.3, 0.4) is 0 Å². The molecule has 7 heteroatoms. The van der Waals surface area contributed by atoms with Gasteiger partial charge in [0.2, 0.25) is 0 Å². The highest BCUT2D eigenvalue weighted by atomic mass is 16.7. The van der Waals surface area contributed by atoms with Crippen molar-refractivity contribution in [2.75, 3.05) is 20.3 Å². The number of hydrogen-bond donors (Lipinski definition) is 0. The lowest BCUT2D eigenvalue weighted by atomic mass is 9.52. The third kappa shape index (κ3) is 2.44. The van der Waals surface area contributed by atoms with E-state index in [1.54, 1.807) is 6.92 Å². The number of hydrogen-bond acceptors (Lipinski definition) is 7.